The fraction of sp³-hybridized carbons (Fsp3) is 0.120. The molecule has 3 aromatic carbocycles. The van der Waals surface area contributed by atoms with E-state index in [1.807, 2.05) is 90.4 Å². The van der Waals surface area contributed by atoms with E-state index in [-0.39, 0.29) is 11.7 Å². The molecule has 0 saturated heterocycles. The molecule has 0 aliphatic carbocycles. The number of rotatable bonds is 9. The van der Waals surface area contributed by atoms with Crippen molar-refractivity contribution in [3.05, 3.63) is 88.9 Å². The van der Waals surface area contributed by atoms with Crippen molar-refractivity contribution < 1.29 is 9.53 Å². The molecule has 1 heterocycles. The van der Waals surface area contributed by atoms with Gasteiger partial charge in [0.2, 0.25) is 0 Å². The van der Waals surface area contributed by atoms with Gasteiger partial charge in [0.1, 0.15) is 5.75 Å². The third-order valence-electron chi connectivity index (χ3n) is 4.68. The number of hydrogen-bond donors (Lipinski definition) is 1. The summed E-state index contributed by atoms with van der Waals surface area (Å²) in [6.07, 6.45) is 1.59. The lowest BCUT2D eigenvalue weighted by molar-refractivity contribution is -0.118. The highest BCUT2D eigenvalue weighted by molar-refractivity contribution is 9.10. The molecule has 0 bridgehead atoms. The number of thioether (sulfide) groups is 1. The van der Waals surface area contributed by atoms with E-state index in [0.29, 0.717) is 17.6 Å². The van der Waals surface area contributed by atoms with E-state index >= 15 is 0 Å². The molecule has 0 aliphatic rings. The highest BCUT2D eigenvalue weighted by Crippen LogP contribution is 2.28. The lowest BCUT2D eigenvalue weighted by Gasteiger charge is -2.10. The van der Waals surface area contributed by atoms with Crippen LogP contribution in [0.3, 0.4) is 0 Å². The number of hydrogen-bond acceptors (Lipinski definition) is 6. The van der Waals surface area contributed by atoms with Crippen LogP contribution in [-0.4, -0.2) is 39.2 Å². The van der Waals surface area contributed by atoms with Crippen LogP contribution in [0.4, 0.5) is 0 Å². The summed E-state index contributed by atoms with van der Waals surface area (Å²) in [6, 6.07) is 25.2. The molecule has 1 aromatic heterocycles. The second-order valence-corrected chi connectivity index (χ2v) is 8.93. The predicted molar refractivity (Wildman–Crippen MR) is 139 cm³/mol. The molecule has 34 heavy (non-hydrogen) atoms. The normalized spacial score (nSPS) is 11.0. The number of carbonyl (C=O) groups is 1. The van der Waals surface area contributed by atoms with Crippen LogP contribution in [0.1, 0.15) is 12.5 Å². The molecule has 0 radical (unpaired) electrons. The third kappa shape index (κ3) is 6.12. The lowest BCUT2D eigenvalue weighted by atomic mass is 10.2. The Balaban J connectivity index is 1.44. The van der Waals surface area contributed by atoms with Crippen LogP contribution in [0.2, 0.25) is 0 Å². The van der Waals surface area contributed by atoms with Crippen molar-refractivity contribution in [2.45, 2.75) is 12.1 Å². The van der Waals surface area contributed by atoms with E-state index in [1.54, 1.807) is 6.21 Å². The summed E-state index contributed by atoms with van der Waals surface area (Å²) in [5.74, 6) is 1.41. The first kappa shape index (κ1) is 23.7. The summed E-state index contributed by atoms with van der Waals surface area (Å²) in [6.45, 7) is 2.55. The molecule has 0 fully saturated rings. The molecular weight excluding hydrogens is 514 g/mol. The number of amides is 1. The summed E-state index contributed by atoms with van der Waals surface area (Å²) in [5, 5.41) is 13.4. The second-order valence-electron chi connectivity index (χ2n) is 7.07. The maximum absolute atomic E-state index is 12.4. The van der Waals surface area contributed by atoms with Gasteiger partial charge >= 0.3 is 0 Å². The fourth-order valence-electron chi connectivity index (χ4n) is 3.12. The second kappa shape index (κ2) is 11.6. The Bertz CT molecular complexity index is 1260. The number of carbonyl (C=O) groups excluding carboxylic acids is 1. The van der Waals surface area contributed by atoms with Gasteiger partial charge in [-0.25, -0.2) is 5.43 Å². The molecule has 9 heteroatoms. The first-order valence-electron chi connectivity index (χ1n) is 10.6. The Morgan fingerprint density at radius 2 is 1.79 bits per heavy atom. The van der Waals surface area contributed by atoms with E-state index in [1.165, 1.54) is 11.8 Å². The molecule has 0 unspecified atom stereocenters. The van der Waals surface area contributed by atoms with Gasteiger partial charge in [0.15, 0.2) is 11.0 Å². The van der Waals surface area contributed by atoms with E-state index < -0.39 is 0 Å². The molecular formula is C25H22BrN5O2S. The minimum Gasteiger partial charge on any atom is -0.494 e. The average molecular weight is 536 g/mol. The molecule has 1 amide bonds. The van der Waals surface area contributed by atoms with Gasteiger partial charge in [-0.3, -0.25) is 9.36 Å². The smallest absolute Gasteiger partial charge is 0.250 e. The molecule has 0 spiro atoms. The van der Waals surface area contributed by atoms with E-state index in [4.69, 9.17) is 4.74 Å². The first-order valence-corrected chi connectivity index (χ1v) is 12.4. The van der Waals surface area contributed by atoms with Crippen molar-refractivity contribution in [3.63, 3.8) is 0 Å². The fourth-order valence-corrected chi connectivity index (χ4v) is 4.13. The maximum atomic E-state index is 12.4. The van der Waals surface area contributed by atoms with Gasteiger partial charge < -0.3 is 4.74 Å². The van der Waals surface area contributed by atoms with Crippen molar-refractivity contribution in [1.29, 1.82) is 0 Å². The Labute approximate surface area is 210 Å². The Kier molecular flexibility index (Phi) is 8.11. The zero-order valence-electron chi connectivity index (χ0n) is 18.4. The van der Waals surface area contributed by atoms with Gasteiger partial charge in [0.05, 0.1) is 18.6 Å². The predicted octanol–water partition coefficient (Wildman–Crippen LogP) is 5.34. The van der Waals surface area contributed by atoms with Gasteiger partial charge in [0.25, 0.3) is 5.91 Å². The quantitative estimate of drug-likeness (QED) is 0.178. The first-order chi connectivity index (χ1) is 16.6. The van der Waals surface area contributed by atoms with Gasteiger partial charge in [-0.05, 0) is 61.0 Å². The molecule has 1 N–H and O–H groups in total. The molecule has 7 nitrogen and oxygen atoms in total. The van der Waals surface area contributed by atoms with Crippen LogP contribution in [-0.2, 0) is 4.79 Å². The summed E-state index contributed by atoms with van der Waals surface area (Å²) in [4.78, 5) is 12.4. The number of hydrazone groups is 1. The number of nitrogens with one attached hydrogen (secondary N) is 1. The zero-order chi connectivity index (χ0) is 23.8. The Morgan fingerprint density at radius 3 is 2.50 bits per heavy atom. The largest absolute Gasteiger partial charge is 0.494 e. The monoisotopic (exact) mass is 535 g/mol. The number of nitrogens with zero attached hydrogens (tertiary/aromatic N) is 4. The Morgan fingerprint density at radius 1 is 1.06 bits per heavy atom. The van der Waals surface area contributed by atoms with Crippen molar-refractivity contribution >= 4 is 39.8 Å². The van der Waals surface area contributed by atoms with Gasteiger partial charge in [0, 0.05) is 15.7 Å². The number of benzene rings is 3. The van der Waals surface area contributed by atoms with Crippen molar-refractivity contribution in [3.8, 4) is 22.8 Å². The summed E-state index contributed by atoms with van der Waals surface area (Å²) < 4.78 is 8.35. The highest BCUT2D eigenvalue weighted by atomic mass is 79.9. The van der Waals surface area contributed by atoms with E-state index in [9.17, 15) is 4.79 Å². The standard InChI is InChI=1S/C25H22BrN5O2S/c1-2-33-22-14-8-18(9-15-22)16-27-28-23(32)17-34-25-30-29-24(19-6-4-3-5-7-19)31(25)21-12-10-20(26)11-13-21/h3-16H,2,17H2,1H3,(H,28,32). The average Bonchev–Trinajstić information content (AvgIpc) is 3.29. The molecule has 4 rings (SSSR count). The summed E-state index contributed by atoms with van der Waals surface area (Å²) >= 11 is 4.77. The van der Waals surface area contributed by atoms with Crippen LogP contribution >= 0.6 is 27.7 Å². The third-order valence-corrected chi connectivity index (χ3v) is 6.13. The van der Waals surface area contributed by atoms with Crippen molar-refractivity contribution in [2.24, 2.45) is 5.10 Å². The highest BCUT2D eigenvalue weighted by Gasteiger charge is 2.17. The zero-order valence-corrected chi connectivity index (χ0v) is 20.8. The van der Waals surface area contributed by atoms with E-state index in [0.717, 1.165) is 27.0 Å². The van der Waals surface area contributed by atoms with Crippen LogP contribution < -0.4 is 10.2 Å². The SMILES string of the molecule is CCOc1ccc(C=NNC(=O)CSc2nnc(-c3ccccc3)n2-c2ccc(Br)cc2)cc1. The van der Waals surface area contributed by atoms with Crippen molar-refractivity contribution in [2.75, 3.05) is 12.4 Å². The number of ether oxygens (including phenoxy) is 1. The molecule has 0 atom stereocenters. The molecule has 172 valence electrons. The van der Waals surface area contributed by atoms with Crippen LogP contribution in [0.15, 0.2) is 93.6 Å². The maximum Gasteiger partial charge on any atom is 0.250 e. The number of aromatic nitrogens is 3. The topological polar surface area (TPSA) is 81.4 Å². The van der Waals surface area contributed by atoms with Gasteiger partial charge in [-0.15, -0.1) is 10.2 Å². The molecule has 0 saturated carbocycles. The van der Waals surface area contributed by atoms with Crippen LogP contribution in [0, 0.1) is 0 Å². The van der Waals surface area contributed by atoms with Crippen LogP contribution in [0.25, 0.3) is 17.1 Å². The number of halogens is 1. The summed E-state index contributed by atoms with van der Waals surface area (Å²) in [7, 11) is 0. The minimum atomic E-state index is -0.237. The lowest BCUT2D eigenvalue weighted by Crippen LogP contribution is -2.20. The molecule has 0 aliphatic heterocycles. The van der Waals surface area contributed by atoms with Gasteiger partial charge in [-0.1, -0.05) is 58.0 Å². The molecule has 4 aromatic rings. The minimum absolute atomic E-state index is 0.143. The van der Waals surface area contributed by atoms with Crippen LogP contribution in [0.5, 0.6) is 5.75 Å². The summed E-state index contributed by atoms with van der Waals surface area (Å²) in [5.41, 5.74) is 5.27. The van der Waals surface area contributed by atoms with E-state index in [2.05, 4.69) is 36.7 Å². The van der Waals surface area contributed by atoms with Crippen molar-refractivity contribution in [1.82, 2.24) is 20.2 Å². The van der Waals surface area contributed by atoms with Gasteiger partial charge in [-0.2, -0.15) is 5.10 Å². The Hall–Kier alpha value is -3.43.